The lowest BCUT2D eigenvalue weighted by molar-refractivity contribution is -0.141. The third-order valence-corrected chi connectivity index (χ3v) is 1.55. The van der Waals surface area contributed by atoms with Gasteiger partial charge < -0.3 is 4.74 Å². The number of rotatable bonds is 2. The largest absolute Gasteiger partial charge is 0.375 e. The Labute approximate surface area is 67.5 Å². The van der Waals surface area contributed by atoms with Gasteiger partial charge in [-0.2, -0.15) is 5.06 Å². The zero-order valence-corrected chi connectivity index (χ0v) is 6.95. The van der Waals surface area contributed by atoms with Crippen molar-refractivity contribution >= 4 is 0 Å². The first-order valence-corrected chi connectivity index (χ1v) is 3.93. The summed E-state index contributed by atoms with van der Waals surface area (Å²) in [7, 11) is 0. The predicted molar refractivity (Wildman–Crippen MR) is 43.1 cm³/mol. The molecule has 1 aliphatic heterocycles. The van der Waals surface area contributed by atoms with Crippen molar-refractivity contribution in [1.29, 1.82) is 0 Å². The van der Waals surface area contributed by atoms with Gasteiger partial charge in [0, 0.05) is 6.54 Å². The van der Waals surface area contributed by atoms with Crippen molar-refractivity contribution in [1.82, 2.24) is 5.06 Å². The molecule has 0 bridgehead atoms. The van der Waals surface area contributed by atoms with Crippen molar-refractivity contribution in [2.75, 3.05) is 26.3 Å². The van der Waals surface area contributed by atoms with Crippen LogP contribution in [0.1, 0.15) is 6.92 Å². The highest BCUT2D eigenvalue weighted by molar-refractivity contribution is 4.71. The van der Waals surface area contributed by atoms with Gasteiger partial charge in [-0.15, -0.1) is 6.58 Å². The molecule has 1 rings (SSSR count). The van der Waals surface area contributed by atoms with Gasteiger partial charge in [0.1, 0.15) is 0 Å². The Morgan fingerprint density at radius 3 is 3.18 bits per heavy atom. The zero-order valence-electron chi connectivity index (χ0n) is 6.95. The van der Waals surface area contributed by atoms with Crippen LogP contribution in [-0.2, 0) is 9.57 Å². The van der Waals surface area contributed by atoms with E-state index in [9.17, 15) is 0 Å². The molecule has 64 valence electrons. The average Bonchev–Trinajstić information content (AvgIpc) is 2.15. The summed E-state index contributed by atoms with van der Waals surface area (Å²) in [6.07, 6.45) is 2.09. The summed E-state index contributed by atoms with van der Waals surface area (Å²) in [5, 5.41) is 1.88. The topological polar surface area (TPSA) is 21.7 Å². The first-order valence-electron chi connectivity index (χ1n) is 3.93. The Hall–Kier alpha value is -0.380. The van der Waals surface area contributed by atoms with Gasteiger partial charge >= 0.3 is 0 Å². The summed E-state index contributed by atoms with van der Waals surface area (Å²) in [6.45, 7) is 8.63. The van der Waals surface area contributed by atoms with Crippen molar-refractivity contribution in [2.24, 2.45) is 0 Å². The second-order valence-electron chi connectivity index (χ2n) is 2.65. The van der Waals surface area contributed by atoms with Crippen molar-refractivity contribution in [3.63, 3.8) is 0 Å². The molecule has 0 aromatic heterocycles. The normalized spacial score (nSPS) is 27.9. The van der Waals surface area contributed by atoms with E-state index in [-0.39, 0.29) is 6.10 Å². The van der Waals surface area contributed by atoms with Crippen LogP contribution >= 0.6 is 0 Å². The number of hydrogen-bond acceptors (Lipinski definition) is 3. The lowest BCUT2D eigenvalue weighted by atomic mass is 10.4. The van der Waals surface area contributed by atoms with Crippen molar-refractivity contribution < 1.29 is 9.57 Å². The summed E-state index contributed by atoms with van der Waals surface area (Å²) in [5.74, 6) is 0. The Kier molecular flexibility index (Phi) is 3.56. The van der Waals surface area contributed by atoms with Gasteiger partial charge in [0.15, 0.2) is 0 Å². The Bertz CT molecular complexity index is 127. The van der Waals surface area contributed by atoms with Crippen LogP contribution in [0.25, 0.3) is 0 Å². The SMILES string of the molecule is C=CCN1CC(C)OCCO1. The van der Waals surface area contributed by atoms with Crippen molar-refractivity contribution in [3.8, 4) is 0 Å². The third-order valence-electron chi connectivity index (χ3n) is 1.55. The van der Waals surface area contributed by atoms with Crippen LogP contribution in [0, 0.1) is 0 Å². The maximum atomic E-state index is 5.38. The summed E-state index contributed by atoms with van der Waals surface area (Å²) in [4.78, 5) is 5.35. The standard InChI is InChI=1S/C8H15NO2/c1-3-4-9-7-8(2)10-5-6-11-9/h3,8H,1,4-7H2,2H3. The average molecular weight is 157 g/mol. The molecule has 0 N–H and O–H groups in total. The maximum Gasteiger partial charge on any atom is 0.0919 e. The van der Waals surface area contributed by atoms with Crippen LogP contribution in [0.2, 0.25) is 0 Å². The predicted octanol–water partition coefficient (Wildman–Crippen LogP) is 0.825. The Morgan fingerprint density at radius 2 is 2.45 bits per heavy atom. The molecule has 3 heteroatoms. The highest BCUT2D eigenvalue weighted by atomic mass is 16.7. The fourth-order valence-corrected chi connectivity index (χ4v) is 1.08. The molecule has 11 heavy (non-hydrogen) atoms. The maximum absolute atomic E-state index is 5.38. The van der Waals surface area contributed by atoms with Gasteiger partial charge in [0.25, 0.3) is 0 Å². The van der Waals surface area contributed by atoms with E-state index in [0.29, 0.717) is 13.2 Å². The highest BCUT2D eigenvalue weighted by Crippen LogP contribution is 2.02. The number of hydrogen-bond donors (Lipinski definition) is 0. The lowest BCUT2D eigenvalue weighted by Crippen LogP contribution is -2.29. The number of nitrogens with zero attached hydrogens (tertiary/aromatic N) is 1. The quantitative estimate of drug-likeness (QED) is 0.554. The van der Waals surface area contributed by atoms with E-state index in [1.807, 2.05) is 18.1 Å². The van der Waals surface area contributed by atoms with E-state index in [1.165, 1.54) is 0 Å². The van der Waals surface area contributed by atoms with Crippen molar-refractivity contribution in [3.05, 3.63) is 12.7 Å². The second kappa shape index (κ2) is 4.49. The van der Waals surface area contributed by atoms with Crippen molar-refractivity contribution in [2.45, 2.75) is 13.0 Å². The first kappa shape index (κ1) is 8.71. The number of hydroxylamine groups is 2. The molecule has 0 saturated carbocycles. The molecule has 0 aliphatic carbocycles. The van der Waals surface area contributed by atoms with Gasteiger partial charge in [-0.25, -0.2) is 0 Å². The van der Waals surface area contributed by atoms with Crippen LogP contribution in [0.5, 0.6) is 0 Å². The monoisotopic (exact) mass is 157 g/mol. The van der Waals surface area contributed by atoms with E-state index < -0.39 is 0 Å². The molecule has 1 unspecified atom stereocenters. The minimum atomic E-state index is 0.262. The molecule has 0 radical (unpaired) electrons. The molecule has 1 fully saturated rings. The van der Waals surface area contributed by atoms with Crippen LogP contribution in [0.4, 0.5) is 0 Å². The molecule has 1 saturated heterocycles. The lowest BCUT2D eigenvalue weighted by Gasteiger charge is -2.18. The smallest absolute Gasteiger partial charge is 0.0919 e. The van der Waals surface area contributed by atoms with Gasteiger partial charge in [0.05, 0.1) is 25.9 Å². The summed E-state index contributed by atoms with van der Waals surface area (Å²) in [5.41, 5.74) is 0. The fourth-order valence-electron chi connectivity index (χ4n) is 1.08. The van der Waals surface area contributed by atoms with Crippen LogP contribution in [0.3, 0.4) is 0 Å². The van der Waals surface area contributed by atoms with Gasteiger partial charge in [0.2, 0.25) is 0 Å². The Balaban J connectivity index is 2.32. The zero-order chi connectivity index (χ0) is 8.10. The van der Waals surface area contributed by atoms with E-state index in [1.54, 1.807) is 0 Å². The molecule has 0 aromatic rings. The number of ether oxygens (including phenoxy) is 1. The van der Waals surface area contributed by atoms with Crippen LogP contribution < -0.4 is 0 Å². The van der Waals surface area contributed by atoms with E-state index in [0.717, 1.165) is 13.1 Å². The van der Waals surface area contributed by atoms with E-state index in [4.69, 9.17) is 9.57 Å². The minimum Gasteiger partial charge on any atom is -0.375 e. The molecule has 3 nitrogen and oxygen atoms in total. The van der Waals surface area contributed by atoms with Gasteiger partial charge in [-0.1, -0.05) is 6.08 Å². The fraction of sp³-hybridized carbons (Fsp3) is 0.750. The summed E-state index contributed by atoms with van der Waals surface area (Å²) >= 11 is 0. The van der Waals surface area contributed by atoms with Gasteiger partial charge in [-0.3, -0.25) is 4.84 Å². The van der Waals surface area contributed by atoms with Crippen LogP contribution in [0.15, 0.2) is 12.7 Å². The molecule has 0 aromatic carbocycles. The highest BCUT2D eigenvalue weighted by Gasteiger charge is 2.13. The van der Waals surface area contributed by atoms with Crippen LogP contribution in [-0.4, -0.2) is 37.5 Å². The van der Waals surface area contributed by atoms with Gasteiger partial charge in [-0.05, 0) is 6.92 Å². The molecular weight excluding hydrogens is 142 g/mol. The summed E-state index contributed by atoms with van der Waals surface area (Å²) in [6, 6.07) is 0. The molecule has 0 amide bonds. The van der Waals surface area contributed by atoms with E-state index in [2.05, 4.69) is 6.58 Å². The Morgan fingerprint density at radius 1 is 1.64 bits per heavy atom. The molecule has 1 aliphatic rings. The molecular formula is C8H15NO2. The third kappa shape index (κ3) is 3.01. The summed E-state index contributed by atoms with van der Waals surface area (Å²) < 4.78 is 5.38. The molecule has 1 heterocycles. The minimum absolute atomic E-state index is 0.262. The first-order chi connectivity index (χ1) is 5.33. The second-order valence-corrected chi connectivity index (χ2v) is 2.65. The van der Waals surface area contributed by atoms with E-state index >= 15 is 0 Å². The molecule has 0 spiro atoms. The molecule has 1 atom stereocenters.